The summed E-state index contributed by atoms with van der Waals surface area (Å²) >= 11 is 0. The van der Waals surface area contributed by atoms with Crippen LogP contribution in [-0.2, 0) is 4.74 Å². The first kappa shape index (κ1) is 15.5. The Morgan fingerprint density at radius 1 is 1.30 bits per heavy atom. The molecule has 1 fully saturated rings. The Balaban J connectivity index is 1.89. The minimum Gasteiger partial charge on any atom is -0.378 e. The Hall–Kier alpha value is -0.900. The second-order valence-corrected chi connectivity index (χ2v) is 5.92. The van der Waals surface area contributed by atoms with Crippen LogP contribution in [0.5, 0.6) is 0 Å². The first-order chi connectivity index (χ1) is 9.60. The van der Waals surface area contributed by atoms with Gasteiger partial charge in [0.05, 0.1) is 6.10 Å². The van der Waals surface area contributed by atoms with Gasteiger partial charge in [0, 0.05) is 32.3 Å². The zero-order chi connectivity index (χ0) is 14.5. The van der Waals surface area contributed by atoms with E-state index in [2.05, 4.69) is 43.9 Å². The molecule has 1 atom stereocenters. The van der Waals surface area contributed by atoms with Crippen LogP contribution in [-0.4, -0.2) is 37.2 Å². The van der Waals surface area contributed by atoms with Crippen LogP contribution in [0, 0.1) is 13.8 Å². The van der Waals surface area contributed by atoms with Crippen molar-refractivity contribution >= 4 is 0 Å². The summed E-state index contributed by atoms with van der Waals surface area (Å²) in [5.41, 5.74) is 10.3. The predicted octanol–water partition coefficient (Wildman–Crippen LogP) is 2.80. The minimum atomic E-state index is 0.110. The molecule has 1 unspecified atom stereocenters. The van der Waals surface area contributed by atoms with E-state index in [-0.39, 0.29) is 6.04 Å². The van der Waals surface area contributed by atoms with E-state index >= 15 is 0 Å². The number of hydrogen-bond donors (Lipinski definition) is 1. The van der Waals surface area contributed by atoms with Crippen LogP contribution in [0.25, 0.3) is 0 Å². The number of benzene rings is 1. The molecule has 2 N–H and O–H groups in total. The molecule has 0 aliphatic carbocycles. The average Bonchev–Trinajstić information content (AvgIpc) is 2.44. The van der Waals surface area contributed by atoms with Crippen molar-refractivity contribution in [3.05, 3.63) is 34.9 Å². The number of hydrogen-bond acceptors (Lipinski definition) is 3. The van der Waals surface area contributed by atoms with Crippen LogP contribution in [0.3, 0.4) is 0 Å². The van der Waals surface area contributed by atoms with E-state index in [4.69, 9.17) is 10.5 Å². The van der Waals surface area contributed by atoms with E-state index < -0.39 is 0 Å². The minimum absolute atomic E-state index is 0.110. The lowest BCUT2D eigenvalue weighted by Crippen LogP contribution is -2.40. The van der Waals surface area contributed by atoms with E-state index in [1.165, 1.54) is 16.7 Å². The van der Waals surface area contributed by atoms with Crippen LogP contribution in [0.2, 0.25) is 0 Å². The molecule has 0 amide bonds. The number of nitrogens with zero attached hydrogens (tertiary/aromatic N) is 1. The second kappa shape index (κ2) is 7.21. The number of aryl methyl sites for hydroxylation is 2. The molecule has 0 saturated carbocycles. The van der Waals surface area contributed by atoms with Gasteiger partial charge >= 0.3 is 0 Å². The van der Waals surface area contributed by atoms with Crippen LogP contribution < -0.4 is 5.73 Å². The molecular weight excluding hydrogens is 248 g/mol. The number of nitrogens with two attached hydrogens (primary N) is 1. The van der Waals surface area contributed by atoms with Crippen molar-refractivity contribution in [3.63, 3.8) is 0 Å². The second-order valence-electron chi connectivity index (χ2n) is 5.92. The Kier molecular flexibility index (Phi) is 5.58. The Morgan fingerprint density at radius 2 is 2.00 bits per heavy atom. The molecule has 20 heavy (non-hydrogen) atoms. The van der Waals surface area contributed by atoms with Gasteiger partial charge in [-0.2, -0.15) is 0 Å². The van der Waals surface area contributed by atoms with Crippen molar-refractivity contribution < 1.29 is 4.74 Å². The van der Waals surface area contributed by atoms with Crippen LogP contribution in [0.1, 0.15) is 42.5 Å². The van der Waals surface area contributed by atoms with Gasteiger partial charge in [-0.05, 0) is 44.7 Å². The maximum atomic E-state index is 6.42. The Morgan fingerprint density at radius 3 is 2.65 bits per heavy atom. The monoisotopic (exact) mass is 276 g/mol. The van der Waals surface area contributed by atoms with Gasteiger partial charge in [0.15, 0.2) is 0 Å². The van der Waals surface area contributed by atoms with Crippen LogP contribution in [0.4, 0.5) is 0 Å². The standard InChI is InChI=1S/C17H28N2O/c1-4-20-15-7-9-19(10-8-15)12-17(18)16-11-13(2)5-6-14(16)3/h5-6,11,15,17H,4,7-10,12,18H2,1-3H3. The van der Waals surface area contributed by atoms with Crippen LogP contribution in [0.15, 0.2) is 18.2 Å². The topological polar surface area (TPSA) is 38.5 Å². The zero-order valence-corrected chi connectivity index (χ0v) is 13.1. The smallest absolute Gasteiger partial charge is 0.0599 e. The summed E-state index contributed by atoms with van der Waals surface area (Å²) in [5, 5.41) is 0. The fraction of sp³-hybridized carbons (Fsp3) is 0.647. The van der Waals surface area contributed by atoms with Gasteiger partial charge in [-0.1, -0.05) is 23.8 Å². The third-order valence-electron chi connectivity index (χ3n) is 4.23. The van der Waals surface area contributed by atoms with Crippen molar-refractivity contribution in [2.75, 3.05) is 26.2 Å². The zero-order valence-electron chi connectivity index (χ0n) is 13.1. The number of rotatable bonds is 5. The number of ether oxygens (including phenoxy) is 1. The van der Waals surface area contributed by atoms with Gasteiger partial charge in [0.2, 0.25) is 0 Å². The highest BCUT2D eigenvalue weighted by atomic mass is 16.5. The molecule has 1 saturated heterocycles. The lowest BCUT2D eigenvalue weighted by Gasteiger charge is -2.33. The van der Waals surface area contributed by atoms with Gasteiger partial charge < -0.3 is 15.4 Å². The SMILES string of the molecule is CCOC1CCN(CC(N)c2cc(C)ccc2C)CC1. The maximum Gasteiger partial charge on any atom is 0.0599 e. The molecule has 3 nitrogen and oxygen atoms in total. The number of likely N-dealkylation sites (tertiary alicyclic amines) is 1. The molecule has 0 spiro atoms. The highest BCUT2D eigenvalue weighted by Gasteiger charge is 2.21. The van der Waals surface area contributed by atoms with Crippen molar-refractivity contribution in [1.29, 1.82) is 0 Å². The molecule has 1 aliphatic rings. The van der Waals surface area contributed by atoms with Crippen LogP contribution >= 0.6 is 0 Å². The van der Waals surface area contributed by atoms with Crippen molar-refractivity contribution in [1.82, 2.24) is 4.90 Å². The summed E-state index contributed by atoms with van der Waals surface area (Å²) < 4.78 is 5.70. The predicted molar refractivity (Wildman–Crippen MR) is 83.9 cm³/mol. The summed E-state index contributed by atoms with van der Waals surface area (Å²) in [6.45, 7) is 10.3. The van der Waals surface area contributed by atoms with E-state index in [1.54, 1.807) is 0 Å². The van der Waals surface area contributed by atoms with Gasteiger partial charge in [-0.25, -0.2) is 0 Å². The third-order valence-corrected chi connectivity index (χ3v) is 4.23. The van der Waals surface area contributed by atoms with Gasteiger partial charge in [-0.3, -0.25) is 0 Å². The molecule has 112 valence electrons. The van der Waals surface area contributed by atoms with Gasteiger partial charge in [0.1, 0.15) is 0 Å². The fourth-order valence-electron chi connectivity index (χ4n) is 3.03. The molecular formula is C17H28N2O. The average molecular weight is 276 g/mol. The van der Waals surface area contributed by atoms with Gasteiger partial charge in [0.25, 0.3) is 0 Å². The molecule has 2 rings (SSSR count). The molecule has 0 radical (unpaired) electrons. The lowest BCUT2D eigenvalue weighted by molar-refractivity contribution is 0.0131. The van der Waals surface area contributed by atoms with E-state index in [0.717, 1.165) is 39.1 Å². The first-order valence-corrected chi connectivity index (χ1v) is 7.76. The molecule has 1 aliphatic heterocycles. The normalized spacial score (nSPS) is 19.2. The van der Waals surface area contributed by atoms with Crippen molar-refractivity contribution in [2.45, 2.75) is 45.8 Å². The molecule has 1 aromatic rings. The van der Waals surface area contributed by atoms with E-state index in [1.807, 2.05) is 0 Å². The summed E-state index contributed by atoms with van der Waals surface area (Å²) in [4.78, 5) is 2.47. The van der Waals surface area contributed by atoms with E-state index in [0.29, 0.717) is 6.10 Å². The summed E-state index contributed by atoms with van der Waals surface area (Å²) in [5.74, 6) is 0. The highest BCUT2D eigenvalue weighted by Crippen LogP contribution is 2.21. The fourth-order valence-corrected chi connectivity index (χ4v) is 3.03. The molecule has 0 aromatic heterocycles. The van der Waals surface area contributed by atoms with Gasteiger partial charge in [-0.15, -0.1) is 0 Å². The van der Waals surface area contributed by atoms with Crippen molar-refractivity contribution in [3.8, 4) is 0 Å². The quantitative estimate of drug-likeness (QED) is 0.898. The number of piperidine rings is 1. The third kappa shape index (κ3) is 4.05. The Labute approximate surface area is 123 Å². The maximum absolute atomic E-state index is 6.42. The Bertz CT molecular complexity index is 425. The molecule has 1 aromatic carbocycles. The van der Waals surface area contributed by atoms with E-state index in [9.17, 15) is 0 Å². The summed E-state index contributed by atoms with van der Waals surface area (Å²) in [6, 6.07) is 6.66. The highest BCUT2D eigenvalue weighted by molar-refractivity contribution is 5.33. The molecule has 0 bridgehead atoms. The van der Waals surface area contributed by atoms with Crippen molar-refractivity contribution in [2.24, 2.45) is 5.73 Å². The summed E-state index contributed by atoms with van der Waals surface area (Å²) in [7, 11) is 0. The first-order valence-electron chi connectivity index (χ1n) is 7.76. The molecule has 1 heterocycles. The largest absolute Gasteiger partial charge is 0.378 e. The lowest BCUT2D eigenvalue weighted by atomic mass is 9.98. The summed E-state index contributed by atoms with van der Waals surface area (Å²) in [6.07, 6.45) is 2.72. The molecule has 3 heteroatoms.